The molecule has 1 atom stereocenters. The fourth-order valence-corrected chi connectivity index (χ4v) is 3.09. The second kappa shape index (κ2) is 4.61. The highest BCUT2D eigenvalue weighted by Crippen LogP contribution is 2.33. The van der Waals surface area contributed by atoms with Gasteiger partial charge in [-0.25, -0.2) is 0 Å². The summed E-state index contributed by atoms with van der Waals surface area (Å²) in [4.78, 5) is 4.66. The Labute approximate surface area is 114 Å². The van der Waals surface area contributed by atoms with E-state index in [2.05, 4.69) is 42.2 Å². The zero-order valence-corrected chi connectivity index (χ0v) is 11.4. The molecule has 3 rings (SSSR count). The lowest BCUT2D eigenvalue weighted by atomic mass is 9.80. The van der Waals surface area contributed by atoms with E-state index in [-0.39, 0.29) is 0 Å². The van der Waals surface area contributed by atoms with Crippen molar-refractivity contribution in [2.45, 2.75) is 32.6 Å². The van der Waals surface area contributed by atoms with E-state index in [9.17, 15) is 0 Å². The van der Waals surface area contributed by atoms with Gasteiger partial charge in [0.15, 0.2) is 0 Å². The summed E-state index contributed by atoms with van der Waals surface area (Å²) in [6.07, 6.45) is 1.77. The van der Waals surface area contributed by atoms with Crippen LogP contribution in [0.25, 0.3) is 0 Å². The van der Waals surface area contributed by atoms with Crippen molar-refractivity contribution < 1.29 is 0 Å². The standard InChI is InChI=1S/C17H18N2/c1-11-8-12(2)19-16-10-14(9-15(18)17(11)16)13-6-4-3-5-7-13/h3-8,14,18H,9-10H2,1-2H3. The van der Waals surface area contributed by atoms with E-state index in [1.54, 1.807) is 0 Å². The number of aromatic nitrogens is 1. The first kappa shape index (κ1) is 12.1. The van der Waals surface area contributed by atoms with Gasteiger partial charge in [-0.1, -0.05) is 30.3 Å². The van der Waals surface area contributed by atoms with Gasteiger partial charge in [0.1, 0.15) is 0 Å². The lowest BCUT2D eigenvalue weighted by Gasteiger charge is -2.26. The van der Waals surface area contributed by atoms with Gasteiger partial charge in [-0.15, -0.1) is 0 Å². The number of nitrogens with zero attached hydrogens (tertiary/aromatic N) is 1. The van der Waals surface area contributed by atoms with Gasteiger partial charge in [0, 0.05) is 17.0 Å². The van der Waals surface area contributed by atoms with Crippen LogP contribution in [0.15, 0.2) is 36.4 Å². The largest absolute Gasteiger partial charge is 0.305 e. The molecule has 96 valence electrons. The molecule has 1 aliphatic carbocycles. The number of hydrogen-bond acceptors (Lipinski definition) is 2. The van der Waals surface area contributed by atoms with Crippen LogP contribution < -0.4 is 0 Å². The molecule has 1 unspecified atom stereocenters. The van der Waals surface area contributed by atoms with Gasteiger partial charge in [-0.05, 0) is 49.8 Å². The molecule has 2 nitrogen and oxygen atoms in total. The van der Waals surface area contributed by atoms with E-state index in [0.717, 1.165) is 35.5 Å². The SMILES string of the molecule is Cc1cc(C)c2c(n1)CC(c1ccccc1)CC2=N. The van der Waals surface area contributed by atoms with E-state index in [1.165, 1.54) is 11.1 Å². The van der Waals surface area contributed by atoms with Gasteiger partial charge in [0.25, 0.3) is 0 Å². The van der Waals surface area contributed by atoms with Crippen molar-refractivity contribution in [3.8, 4) is 0 Å². The van der Waals surface area contributed by atoms with Crippen molar-refractivity contribution in [1.29, 1.82) is 5.41 Å². The number of fused-ring (bicyclic) bond motifs is 1. The molecule has 0 aliphatic heterocycles. The number of pyridine rings is 1. The molecule has 1 aromatic carbocycles. The molecule has 0 bridgehead atoms. The van der Waals surface area contributed by atoms with Crippen LogP contribution in [0.4, 0.5) is 0 Å². The quantitative estimate of drug-likeness (QED) is 0.821. The van der Waals surface area contributed by atoms with Crippen molar-refractivity contribution in [3.05, 3.63) is 64.5 Å². The van der Waals surface area contributed by atoms with E-state index >= 15 is 0 Å². The molecule has 0 saturated carbocycles. The second-order valence-electron chi connectivity index (χ2n) is 5.40. The monoisotopic (exact) mass is 250 g/mol. The van der Waals surface area contributed by atoms with E-state index < -0.39 is 0 Å². The van der Waals surface area contributed by atoms with Crippen LogP contribution in [0.1, 0.15) is 40.4 Å². The molecule has 0 radical (unpaired) electrons. The van der Waals surface area contributed by atoms with E-state index in [1.807, 2.05) is 13.0 Å². The molecule has 0 spiro atoms. The lowest BCUT2D eigenvalue weighted by molar-refractivity contribution is 0.675. The minimum absolute atomic E-state index is 0.398. The molecule has 1 N–H and O–H groups in total. The van der Waals surface area contributed by atoms with Gasteiger partial charge >= 0.3 is 0 Å². The van der Waals surface area contributed by atoms with E-state index in [4.69, 9.17) is 5.41 Å². The predicted molar refractivity (Wildman–Crippen MR) is 78.0 cm³/mol. The van der Waals surface area contributed by atoms with Crippen molar-refractivity contribution in [2.24, 2.45) is 0 Å². The normalized spacial score (nSPS) is 18.2. The first-order chi connectivity index (χ1) is 9.15. The molecule has 1 aliphatic rings. The summed E-state index contributed by atoms with van der Waals surface area (Å²) in [5, 5.41) is 8.32. The molecule has 2 aromatic rings. The Morgan fingerprint density at radius 3 is 2.58 bits per heavy atom. The van der Waals surface area contributed by atoms with Crippen LogP contribution in [-0.2, 0) is 6.42 Å². The molecule has 2 heteroatoms. The maximum atomic E-state index is 8.32. The number of rotatable bonds is 1. The van der Waals surface area contributed by atoms with Crippen LogP contribution in [0.2, 0.25) is 0 Å². The Morgan fingerprint density at radius 2 is 1.84 bits per heavy atom. The lowest BCUT2D eigenvalue weighted by Crippen LogP contribution is -2.21. The van der Waals surface area contributed by atoms with Gasteiger partial charge in [-0.3, -0.25) is 4.98 Å². The third-order valence-corrected chi connectivity index (χ3v) is 3.88. The highest BCUT2D eigenvalue weighted by Gasteiger charge is 2.26. The zero-order valence-electron chi connectivity index (χ0n) is 11.4. The average Bonchev–Trinajstić information content (AvgIpc) is 2.38. The number of aryl methyl sites for hydroxylation is 2. The summed E-state index contributed by atoms with van der Waals surface area (Å²) in [5.41, 5.74) is 6.48. The Bertz CT molecular complexity index is 629. The Morgan fingerprint density at radius 1 is 1.11 bits per heavy atom. The fraction of sp³-hybridized carbons (Fsp3) is 0.294. The van der Waals surface area contributed by atoms with Crippen LogP contribution in [0.5, 0.6) is 0 Å². The highest BCUT2D eigenvalue weighted by molar-refractivity contribution is 6.02. The van der Waals surface area contributed by atoms with Crippen LogP contribution in [-0.4, -0.2) is 10.7 Å². The van der Waals surface area contributed by atoms with Crippen molar-refractivity contribution >= 4 is 5.71 Å². The summed E-state index contributed by atoms with van der Waals surface area (Å²) < 4.78 is 0. The maximum Gasteiger partial charge on any atom is 0.0505 e. The highest BCUT2D eigenvalue weighted by atomic mass is 14.7. The van der Waals surface area contributed by atoms with Gasteiger partial charge in [-0.2, -0.15) is 0 Å². The minimum Gasteiger partial charge on any atom is -0.305 e. The zero-order chi connectivity index (χ0) is 13.4. The summed E-state index contributed by atoms with van der Waals surface area (Å²) >= 11 is 0. The molecule has 1 aromatic heterocycles. The molecule has 0 fully saturated rings. The van der Waals surface area contributed by atoms with E-state index in [0.29, 0.717) is 5.92 Å². The first-order valence-corrected chi connectivity index (χ1v) is 6.75. The molecule has 1 heterocycles. The Balaban J connectivity index is 2.03. The average molecular weight is 250 g/mol. The minimum atomic E-state index is 0.398. The van der Waals surface area contributed by atoms with Crippen LogP contribution in [0.3, 0.4) is 0 Å². The number of nitrogens with one attached hydrogen (secondary N) is 1. The second-order valence-corrected chi connectivity index (χ2v) is 5.40. The Hall–Kier alpha value is -1.96. The molecular weight excluding hydrogens is 232 g/mol. The van der Waals surface area contributed by atoms with Crippen molar-refractivity contribution in [1.82, 2.24) is 4.98 Å². The first-order valence-electron chi connectivity index (χ1n) is 6.75. The topological polar surface area (TPSA) is 36.7 Å². The predicted octanol–water partition coefficient (Wildman–Crippen LogP) is 3.80. The van der Waals surface area contributed by atoms with Crippen molar-refractivity contribution in [2.75, 3.05) is 0 Å². The van der Waals surface area contributed by atoms with Gasteiger partial charge in [0.2, 0.25) is 0 Å². The molecule has 19 heavy (non-hydrogen) atoms. The summed E-state index contributed by atoms with van der Waals surface area (Å²) in [5.74, 6) is 0.398. The Kier molecular flexibility index (Phi) is 2.94. The van der Waals surface area contributed by atoms with Crippen LogP contribution >= 0.6 is 0 Å². The molecule has 0 amide bonds. The van der Waals surface area contributed by atoms with Gasteiger partial charge < -0.3 is 5.41 Å². The molecular formula is C17H18N2. The number of benzene rings is 1. The summed E-state index contributed by atoms with van der Waals surface area (Å²) in [6, 6.07) is 12.6. The third kappa shape index (κ3) is 2.19. The van der Waals surface area contributed by atoms with Crippen molar-refractivity contribution in [3.63, 3.8) is 0 Å². The van der Waals surface area contributed by atoms with Gasteiger partial charge in [0.05, 0.1) is 5.69 Å². The smallest absolute Gasteiger partial charge is 0.0505 e. The third-order valence-electron chi connectivity index (χ3n) is 3.88. The maximum absolute atomic E-state index is 8.32. The summed E-state index contributed by atoms with van der Waals surface area (Å²) in [7, 11) is 0. The van der Waals surface area contributed by atoms with Crippen LogP contribution in [0, 0.1) is 19.3 Å². The molecule has 0 saturated heterocycles. The fourth-order valence-electron chi connectivity index (χ4n) is 3.09. The summed E-state index contributed by atoms with van der Waals surface area (Å²) in [6.45, 7) is 4.12. The number of hydrogen-bond donors (Lipinski definition) is 1.